The Balaban J connectivity index is 1.17. The van der Waals surface area contributed by atoms with Crippen molar-refractivity contribution in [3.63, 3.8) is 0 Å². The van der Waals surface area contributed by atoms with Crippen LogP contribution in [0.15, 0.2) is 46.4 Å². The molecule has 1 aromatic carbocycles. The molecule has 1 atom stereocenters. The van der Waals surface area contributed by atoms with Crippen molar-refractivity contribution in [3.8, 4) is 5.88 Å². The number of rotatable bonds is 10. The van der Waals surface area contributed by atoms with Gasteiger partial charge in [-0.05, 0) is 63.4 Å². The molecular formula is C28H34N6O5S2. The second-order valence-electron chi connectivity index (χ2n) is 10.5. The fraction of sp³-hybridized carbons (Fsp3) is 0.500. The quantitative estimate of drug-likeness (QED) is 0.350. The van der Waals surface area contributed by atoms with Gasteiger partial charge in [-0.1, -0.05) is 23.5 Å². The van der Waals surface area contributed by atoms with Gasteiger partial charge in [-0.15, -0.1) is 0 Å². The van der Waals surface area contributed by atoms with Gasteiger partial charge in [0.05, 0.1) is 16.8 Å². The largest absolute Gasteiger partial charge is 0.476 e. The number of hydrogen-bond donors (Lipinski definition) is 1. The first kappa shape index (κ1) is 28.0. The van der Waals surface area contributed by atoms with E-state index in [0.29, 0.717) is 46.6 Å². The number of pyridine rings is 1. The maximum atomic E-state index is 13.5. The molecule has 13 heteroatoms. The van der Waals surface area contributed by atoms with Gasteiger partial charge in [-0.25, -0.2) is 18.4 Å². The van der Waals surface area contributed by atoms with Gasteiger partial charge < -0.3 is 9.47 Å². The highest BCUT2D eigenvalue weighted by Crippen LogP contribution is 2.27. The van der Waals surface area contributed by atoms with Crippen LogP contribution in [0.1, 0.15) is 37.7 Å². The number of carbonyl (C=O) groups excluding carboxylic acids is 1. The van der Waals surface area contributed by atoms with Gasteiger partial charge >= 0.3 is 0 Å². The van der Waals surface area contributed by atoms with E-state index >= 15 is 0 Å². The SMILES string of the molecule is O=C(Nc1nc2ccc(OCCN3CCCC3)nc2s1)/C(=N/N1CCCC1)c1ccc(S(=O)(=O)[C@H]2CCOC2)cc1. The number of nitrogens with one attached hydrogen (secondary N) is 1. The lowest BCUT2D eigenvalue weighted by Gasteiger charge is -2.15. The molecule has 5 heterocycles. The van der Waals surface area contributed by atoms with Crippen molar-refractivity contribution in [2.45, 2.75) is 42.2 Å². The Morgan fingerprint density at radius 1 is 1.05 bits per heavy atom. The maximum absolute atomic E-state index is 13.5. The Kier molecular flexibility index (Phi) is 8.47. The highest BCUT2D eigenvalue weighted by Gasteiger charge is 2.31. The van der Waals surface area contributed by atoms with Crippen LogP contribution in [-0.4, -0.2) is 97.7 Å². The monoisotopic (exact) mass is 598 g/mol. The van der Waals surface area contributed by atoms with Crippen LogP contribution in [0.25, 0.3) is 10.3 Å². The molecule has 0 unspecified atom stereocenters. The summed E-state index contributed by atoms with van der Waals surface area (Å²) in [6.45, 7) is 5.87. The number of ether oxygens (including phenoxy) is 2. The number of sulfone groups is 1. The Morgan fingerprint density at radius 3 is 2.54 bits per heavy atom. The third kappa shape index (κ3) is 6.53. The van der Waals surface area contributed by atoms with E-state index in [0.717, 1.165) is 45.6 Å². The second-order valence-corrected chi connectivity index (χ2v) is 13.7. The van der Waals surface area contributed by atoms with Crippen LogP contribution in [0.2, 0.25) is 0 Å². The Bertz CT molecular complexity index is 1510. The van der Waals surface area contributed by atoms with Crippen molar-refractivity contribution in [2.24, 2.45) is 5.10 Å². The number of carbonyl (C=O) groups is 1. The number of nitrogens with zero attached hydrogens (tertiary/aromatic N) is 5. The molecule has 11 nitrogen and oxygen atoms in total. The zero-order valence-electron chi connectivity index (χ0n) is 22.8. The molecule has 6 rings (SSSR count). The molecule has 0 radical (unpaired) electrons. The molecule has 2 aromatic heterocycles. The smallest absolute Gasteiger partial charge is 0.278 e. The molecule has 0 saturated carbocycles. The van der Waals surface area contributed by atoms with Gasteiger partial charge in [-0.3, -0.25) is 20.0 Å². The summed E-state index contributed by atoms with van der Waals surface area (Å²) in [6.07, 6.45) is 4.98. The number of fused-ring (bicyclic) bond motifs is 1. The Hall–Kier alpha value is -3.13. The third-order valence-electron chi connectivity index (χ3n) is 7.63. The molecule has 3 aliphatic rings. The van der Waals surface area contributed by atoms with Crippen LogP contribution in [-0.2, 0) is 19.4 Å². The topological polar surface area (TPSA) is 126 Å². The van der Waals surface area contributed by atoms with E-state index in [1.54, 1.807) is 30.3 Å². The van der Waals surface area contributed by atoms with E-state index in [2.05, 4.69) is 25.3 Å². The zero-order valence-corrected chi connectivity index (χ0v) is 24.5. The van der Waals surface area contributed by atoms with Crippen molar-refractivity contribution >= 4 is 48.3 Å². The van der Waals surface area contributed by atoms with E-state index in [-0.39, 0.29) is 17.2 Å². The van der Waals surface area contributed by atoms with Crippen LogP contribution in [0.4, 0.5) is 5.13 Å². The minimum absolute atomic E-state index is 0.206. The van der Waals surface area contributed by atoms with Crippen molar-refractivity contribution in [3.05, 3.63) is 42.0 Å². The van der Waals surface area contributed by atoms with E-state index in [1.165, 1.54) is 24.2 Å². The Morgan fingerprint density at radius 2 is 1.80 bits per heavy atom. The molecule has 3 aromatic rings. The van der Waals surface area contributed by atoms with Crippen LogP contribution in [0.3, 0.4) is 0 Å². The van der Waals surface area contributed by atoms with Gasteiger partial charge in [0, 0.05) is 37.9 Å². The van der Waals surface area contributed by atoms with Crippen molar-refractivity contribution in [1.29, 1.82) is 0 Å². The molecule has 1 amide bonds. The normalized spacial score (nSPS) is 20.2. The summed E-state index contributed by atoms with van der Waals surface area (Å²) in [5, 5.41) is 9.27. The van der Waals surface area contributed by atoms with E-state index in [4.69, 9.17) is 9.47 Å². The number of benzene rings is 1. The van der Waals surface area contributed by atoms with Crippen LogP contribution >= 0.6 is 11.3 Å². The van der Waals surface area contributed by atoms with Crippen LogP contribution in [0, 0.1) is 0 Å². The first-order valence-electron chi connectivity index (χ1n) is 14.2. The molecule has 1 N–H and O–H groups in total. The Labute approximate surface area is 243 Å². The number of hydrazone groups is 1. The summed E-state index contributed by atoms with van der Waals surface area (Å²) < 4.78 is 37.1. The predicted molar refractivity (Wildman–Crippen MR) is 157 cm³/mol. The summed E-state index contributed by atoms with van der Waals surface area (Å²) in [5.41, 5.74) is 1.41. The first-order valence-corrected chi connectivity index (χ1v) is 16.5. The number of amides is 1. The minimum atomic E-state index is -3.50. The molecular weight excluding hydrogens is 564 g/mol. The van der Waals surface area contributed by atoms with Crippen molar-refractivity contribution in [2.75, 3.05) is 57.9 Å². The number of hydrogen-bond acceptors (Lipinski definition) is 11. The van der Waals surface area contributed by atoms with Crippen molar-refractivity contribution < 1.29 is 22.7 Å². The molecule has 0 aliphatic carbocycles. The van der Waals surface area contributed by atoms with Crippen molar-refractivity contribution in [1.82, 2.24) is 19.9 Å². The first-order chi connectivity index (χ1) is 20.0. The van der Waals surface area contributed by atoms with Gasteiger partial charge in [0.25, 0.3) is 5.91 Å². The van der Waals surface area contributed by atoms with Gasteiger partial charge in [0.2, 0.25) is 5.88 Å². The summed E-state index contributed by atoms with van der Waals surface area (Å²) in [4.78, 5) is 25.9. The average molecular weight is 599 g/mol. The lowest BCUT2D eigenvalue weighted by molar-refractivity contribution is -0.110. The predicted octanol–water partition coefficient (Wildman–Crippen LogP) is 3.17. The van der Waals surface area contributed by atoms with E-state index in [1.807, 2.05) is 11.1 Å². The molecule has 0 spiro atoms. The summed E-state index contributed by atoms with van der Waals surface area (Å²) in [7, 11) is -3.50. The number of anilines is 1. The van der Waals surface area contributed by atoms with Gasteiger partial charge in [0.1, 0.15) is 17.0 Å². The lowest BCUT2D eigenvalue weighted by Crippen LogP contribution is -2.27. The number of likely N-dealkylation sites (tertiary alicyclic amines) is 1. The number of thiazole rings is 1. The van der Waals surface area contributed by atoms with E-state index in [9.17, 15) is 13.2 Å². The molecule has 3 aliphatic heterocycles. The van der Waals surface area contributed by atoms with Gasteiger partial charge in [0.15, 0.2) is 20.7 Å². The molecule has 3 fully saturated rings. The lowest BCUT2D eigenvalue weighted by atomic mass is 10.1. The maximum Gasteiger partial charge on any atom is 0.278 e. The standard InChI is InChI=1S/C28H34N6O5S2/c35-26(31-28-29-23-9-10-24(30-27(23)40-28)39-18-16-33-12-1-2-13-33)25(32-34-14-3-4-15-34)20-5-7-21(8-6-20)41(36,37)22-11-17-38-19-22/h5-10,22H,1-4,11-19H2,(H,29,31,35)/b32-25+/t22-/m0/s1. The summed E-state index contributed by atoms with van der Waals surface area (Å²) >= 11 is 1.27. The number of aromatic nitrogens is 2. The summed E-state index contributed by atoms with van der Waals surface area (Å²) in [6, 6.07) is 10.0. The zero-order chi connectivity index (χ0) is 28.2. The highest BCUT2D eigenvalue weighted by atomic mass is 32.2. The molecule has 3 saturated heterocycles. The molecule has 218 valence electrons. The van der Waals surface area contributed by atoms with Gasteiger partial charge in [-0.2, -0.15) is 5.10 Å². The summed E-state index contributed by atoms with van der Waals surface area (Å²) in [5.74, 6) is 0.117. The highest BCUT2D eigenvalue weighted by molar-refractivity contribution is 7.92. The third-order valence-corrected chi connectivity index (χ3v) is 10.7. The fourth-order valence-electron chi connectivity index (χ4n) is 5.30. The van der Waals surface area contributed by atoms with Crippen LogP contribution in [0.5, 0.6) is 5.88 Å². The molecule has 41 heavy (non-hydrogen) atoms. The fourth-order valence-corrected chi connectivity index (χ4v) is 7.71. The molecule has 0 bridgehead atoms. The average Bonchev–Trinajstić information content (AvgIpc) is 3.80. The van der Waals surface area contributed by atoms with E-state index < -0.39 is 21.0 Å². The van der Waals surface area contributed by atoms with Crippen LogP contribution < -0.4 is 10.1 Å². The second kappa shape index (κ2) is 12.4. The minimum Gasteiger partial charge on any atom is -0.476 e.